The standard InChI is InChI=1S/C42H46F4N6O8/c1-23-20-29(36(55)59-5)16-19-31(23)26-10-6-24(7-11-26)21-32(49-34(53)28-12-8-25(9-13-28)22-47-39(58)60-40(2,3)4)35(54)48-30-17-14-27(15-18-30)33-50-37(52-51-33)41(43,44)42(45,46)38(56)57/h6-7,10-11,14-20,25,28,32H,8-9,12-13,21-22H2,1-5H3,(H,47,58)(H,48,54)(H,49,53)(H,56,57)(H,50,51,52)/t25-,28-,32-/m0/s1. The van der Waals surface area contributed by atoms with Gasteiger partial charge in [0.15, 0.2) is 5.82 Å². The Labute approximate surface area is 342 Å². The molecule has 14 nitrogen and oxygen atoms in total. The summed E-state index contributed by atoms with van der Waals surface area (Å²) in [5.41, 5.74) is 3.44. The number of aromatic amines is 1. The number of amides is 3. The third-order valence-corrected chi connectivity index (χ3v) is 9.99. The number of carboxylic acid groups (broad SMARTS) is 1. The summed E-state index contributed by atoms with van der Waals surface area (Å²) in [5.74, 6) is -17.4. The number of carboxylic acids is 1. The average Bonchev–Trinajstić information content (AvgIpc) is 3.71. The van der Waals surface area contributed by atoms with Crippen LogP contribution >= 0.6 is 0 Å². The summed E-state index contributed by atoms with van der Waals surface area (Å²) in [5, 5.41) is 22.2. The van der Waals surface area contributed by atoms with Crippen LogP contribution in [0.1, 0.15) is 73.8 Å². The Morgan fingerprint density at radius 3 is 2.12 bits per heavy atom. The van der Waals surface area contributed by atoms with Gasteiger partial charge < -0.3 is 30.5 Å². The number of H-pyrrole nitrogens is 1. The van der Waals surface area contributed by atoms with E-state index in [0.717, 1.165) is 22.3 Å². The molecule has 1 aliphatic rings. The van der Waals surface area contributed by atoms with Crippen molar-refractivity contribution < 1.29 is 56.1 Å². The molecule has 1 fully saturated rings. The van der Waals surface area contributed by atoms with Gasteiger partial charge in [-0.15, -0.1) is 0 Å². The van der Waals surface area contributed by atoms with E-state index in [1.165, 1.54) is 31.4 Å². The summed E-state index contributed by atoms with van der Waals surface area (Å²) in [4.78, 5) is 65.8. The maximum atomic E-state index is 14.3. The van der Waals surface area contributed by atoms with Crippen LogP contribution in [0.4, 0.5) is 28.0 Å². The Balaban J connectivity index is 1.29. The first-order chi connectivity index (χ1) is 28.2. The smallest absolute Gasteiger partial charge is 0.411 e. The number of nitrogens with zero attached hydrogens (tertiary/aromatic N) is 2. The second-order valence-electron chi connectivity index (χ2n) is 15.6. The molecule has 320 valence electrons. The van der Waals surface area contributed by atoms with Crippen molar-refractivity contribution in [2.45, 2.75) is 83.3 Å². The minimum Gasteiger partial charge on any atom is -0.477 e. The number of hydrogen-bond donors (Lipinski definition) is 5. The molecule has 5 N–H and O–H groups in total. The predicted molar refractivity (Wildman–Crippen MR) is 210 cm³/mol. The van der Waals surface area contributed by atoms with Crippen molar-refractivity contribution in [3.8, 4) is 22.5 Å². The van der Waals surface area contributed by atoms with Gasteiger partial charge in [-0.1, -0.05) is 30.3 Å². The van der Waals surface area contributed by atoms with Crippen LogP contribution < -0.4 is 16.0 Å². The van der Waals surface area contributed by atoms with Crippen LogP contribution in [0.25, 0.3) is 22.5 Å². The van der Waals surface area contributed by atoms with Crippen molar-refractivity contribution in [3.05, 3.63) is 89.2 Å². The number of methoxy groups -OCH3 is 1. The van der Waals surface area contributed by atoms with Crippen LogP contribution in [0, 0.1) is 18.8 Å². The van der Waals surface area contributed by atoms with Crippen molar-refractivity contribution in [1.29, 1.82) is 0 Å². The summed E-state index contributed by atoms with van der Waals surface area (Å²) < 4.78 is 66.0. The fraction of sp³-hybridized carbons (Fsp3) is 0.405. The Kier molecular flexibility index (Phi) is 13.7. The minimum atomic E-state index is -5.47. The van der Waals surface area contributed by atoms with E-state index in [1.54, 1.807) is 32.9 Å². The zero-order chi connectivity index (χ0) is 44.0. The molecule has 60 heavy (non-hydrogen) atoms. The quantitative estimate of drug-likeness (QED) is 0.0648. The number of esters is 1. The molecule has 5 rings (SSSR count). The minimum absolute atomic E-state index is 0.0986. The number of aryl methyl sites for hydroxylation is 1. The summed E-state index contributed by atoms with van der Waals surface area (Å²) in [7, 11) is 1.31. The van der Waals surface area contributed by atoms with Crippen LogP contribution in [-0.2, 0) is 36.2 Å². The maximum Gasteiger partial charge on any atom is 0.411 e. The van der Waals surface area contributed by atoms with Crippen LogP contribution in [-0.4, -0.2) is 81.4 Å². The second kappa shape index (κ2) is 18.3. The molecule has 1 atom stereocenters. The van der Waals surface area contributed by atoms with E-state index >= 15 is 0 Å². The van der Waals surface area contributed by atoms with Gasteiger partial charge in [-0.2, -0.15) is 22.7 Å². The number of halogens is 4. The van der Waals surface area contributed by atoms with Crippen LogP contribution in [0.2, 0.25) is 0 Å². The molecule has 0 unspecified atom stereocenters. The molecule has 4 aromatic rings. The number of nitrogens with one attached hydrogen (secondary N) is 4. The third-order valence-electron chi connectivity index (χ3n) is 9.99. The molecule has 0 radical (unpaired) electrons. The topological polar surface area (TPSA) is 202 Å². The van der Waals surface area contributed by atoms with Gasteiger partial charge in [-0.3, -0.25) is 14.7 Å². The van der Waals surface area contributed by atoms with Crippen molar-refractivity contribution in [3.63, 3.8) is 0 Å². The van der Waals surface area contributed by atoms with E-state index in [2.05, 4.69) is 31.1 Å². The summed E-state index contributed by atoms with van der Waals surface area (Å²) in [6.45, 7) is 7.60. The number of carbonyl (C=O) groups is 5. The van der Waals surface area contributed by atoms with Gasteiger partial charge in [0, 0.05) is 30.1 Å². The molecular weight excluding hydrogens is 792 g/mol. The second-order valence-corrected chi connectivity index (χ2v) is 15.6. The van der Waals surface area contributed by atoms with Gasteiger partial charge in [0.25, 0.3) is 0 Å². The fourth-order valence-electron chi connectivity index (χ4n) is 6.70. The van der Waals surface area contributed by atoms with Crippen molar-refractivity contribution in [2.75, 3.05) is 19.0 Å². The van der Waals surface area contributed by atoms with Gasteiger partial charge in [-0.25, -0.2) is 19.4 Å². The number of carbonyl (C=O) groups excluding carboxylic acids is 4. The highest BCUT2D eigenvalue weighted by Gasteiger charge is 2.66. The zero-order valence-electron chi connectivity index (χ0n) is 33.5. The fourth-order valence-corrected chi connectivity index (χ4v) is 6.70. The highest BCUT2D eigenvalue weighted by atomic mass is 19.3. The SMILES string of the molecule is COC(=O)c1ccc(-c2ccc(C[C@H](NC(=O)[C@H]3CC[C@H](CNC(=O)OC(C)(C)C)CC3)C(=O)Nc3ccc(-c4nc(C(F)(F)C(F)(F)C(=O)O)n[nH]4)cc3)cc2)c(C)c1. The zero-order valence-corrected chi connectivity index (χ0v) is 33.5. The first-order valence-corrected chi connectivity index (χ1v) is 19.1. The lowest BCUT2D eigenvalue weighted by molar-refractivity contribution is -0.231. The first-order valence-electron chi connectivity index (χ1n) is 19.1. The Morgan fingerprint density at radius 2 is 1.53 bits per heavy atom. The molecule has 0 aliphatic heterocycles. The predicted octanol–water partition coefficient (Wildman–Crippen LogP) is 7.04. The molecule has 0 saturated heterocycles. The van der Waals surface area contributed by atoms with Gasteiger partial charge in [0.1, 0.15) is 11.6 Å². The molecule has 1 aliphatic carbocycles. The number of alkyl halides is 4. The van der Waals surface area contributed by atoms with Crippen molar-refractivity contribution in [1.82, 2.24) is 25.8 Å². The maximum absolute atomic E-state index is 14.3. The molecular formula is C42H46F4N6O8. The Hall–Kier alpha value is -6.33. The lowest BCUT2D eigenvalue weighted by Gasteiger charge is -2.29. The molecule has 0 bridgehead atoms. The van der Waals surface area contributed by atoms with Crippen molar-refractivity contribution in [2.24, 2.45) is 11.8 Å². The lowest BCUT2D eigenvalue weighted by Crippen LogP contribution is -2.48. The lowest BCUT2D eigenvalue weighted by atomic mass is 9.81. The van der Waals surface area contributed by atoms with E-state index in [0.29, 0.717) is 37.8 Å². The highest BCUT2D eigenvalue weighted by molar-refractivity contribution is 5.98. The van der Waals surface area contributed by atoms with Crippen LogP contribution in [0.3, 0.4) is 0 Å². The number of rotatable bonds is 14. The van der Waals surface area contributed by atoms with Crippen LogP contribution in [0.15, 0.2) is 66.7 Å². The van der Waals surface area contributed by atoms with Gasteiger partial charge in [0.05, 0.1) is 12.7 Å². The van der Waals surface area contributed by atoms with Gasteiger partial charge >= 0.3 is 29.9 Å². The summed E-state index contributed by atoms with van der Waals surface area (Å²) in [6, 6.07) is 17.0. The van der Waals surface area contributed by atoms with E-state index < -0.39 is 53.3 Å². The van der Waals surface area contributed by atoms with Gasteiger partial charge in [0.2, 0.25) is 17.6 Å². The van der Waals surface area contributed by atoms with Gasteiger partial charge in [-0.05, 0) is 118 Å². The Bertz CT molecular complexity index is 2200. The number of hydrogen-bond acceptors (Lipinski definition) is 9. The molecule has 1 saturated carbocycles. The number of anilines is 1. The number of aromatic nitrogens is 3. The van der Waals surface area contributed by atoms with E-state index in [1.807, 2.05) is 37.3 Å². The van der Waals surface area contributed by atoms with E-state index in [-0.39, 0.29) is 41.2 Å². The Morgan fingerprint density at radius 1 is 0.900 bits per heavy atom. The molecule has 0 spiro atoms. The number of benzene rings is 3. The first kappa shape index (κ1) is 44.8. The third kappa shape index (κ3) is 10.8. The molecule has 3 aromatic carbocycles. The molecule has 3 amide bonds. The largest absolute Gasteiger partial charge is 0.477 e. The highest BCUT2D eigenvalue weighted by Crippen LogP contribution is 2.42. The normalized spacial score (nSPS) is 16.3. The van der Waals surface area contributed by atoms with E-state index in [4.69, 9.17) is 14.6 Å². The molecule has 18 heteroatoms. The monoisotopic (exact) mass is 838 g/mol. The molecule has 1 aromatic heterocycles. The van der Waals surface area contributed by atoms with Crippen LogP contribution in [0.5, 0.6) is 0 Å². The van der Waals surface area contributed by atoms with E-state index in [9.17, 15) is 41.5 Å². The number of ether oxygens (including phenoxy) is 2. The average molecular weight is 839 g/mol. The van der Waals surface area contributed by atoms with Crippen molar-refractivity contribution >= 4 is 35.5 Å². The summed E-state index contributed by atoms with van der Waals surface area (Å²) in [6.07, 6.45) is 2.00. The number of aliphatic carboxylic acids is 1. The molecule has 1 heterocycles. The number of alkyl carbamates (subject to hydrolysis) is 1. The summed E-state index contributed by atoms with van der Waals surface area (Å²) >= 11 is 0.